The van der Waals surface area contributed by atoms with E-state index < -0.39 is 5.82 Å². The number of carbonyl (C=O) groups excluding carboxylic acids is 1. The second kappa shape index (κ2) is 10.5. The Hall–Kier alpha value is -5.13. The highest BCUT2D eigenvalue weighted by molar-refractivity contribution is 5.94. The lowest BCUT2D eigenvalue weighted by atomic mass is 10.1. The van der Waals surface area contributed by atoms with Gasteiger partial charge in [-0.1, -0.05) is 6.07 Å². The number of aromatic nitrogens is 7. The number of pyridine rings is 3. The van der Waals surface area contributed by atoms with Crippen molar-refractivity contribution in [1.29, 1.82) is 0 Å². The smallest absolute Gasteiger partial charge is 0.270 e. The molecule has 5 aromatic rings. The predicted molar refractivity (Wildman–Crippen MR) is 136 cm³/mol. The second-order valence-electron chi connectivity index (χ2n) is 8.51. The molecule has 0 saturated heterocycles. The highest BCUT2D eigenvalue weighted by atomic mass is 19.1. The molecule has 0 spiro atoms. The van der Waals surface area contributed by atoms with Crippen LogP contribution >= 0.6 is 0 Å². The summed E-state index contributed by atoms with van der Waals surface area (Å²) < 4.78 is 18.3. The number of aryl methyl sites for hydroxylation is 3. The molecule has 12 heteroatoms. The van der Waals surface area contributed by atoms with Crippen LogP contribution in [0.15, 0.2) is 59.8 Å². The lowest BCUT2D eigenvalue weighted by Crippen LogP contribution is -2.24. The van der Waals surface area contributed by atoms with Crippen molar-refractivity contribution in [2.75, 3.05) is 5.32 Å². The van der Waals surface area contributed by atoms with Crippen molar-refractivity contribution in [3.05, 3.63) is 89.3 Å². The molecule has 5 rings (SSSR count). The first-order valence-electron chi connectivity index (χ1n) is 11.6. The molecule has 0 aliphatic rings. The molecule has 2 N–H and O–H groups in total. The second-order valence-corrected chi connectivity index (χ2v) is 8.51. The molecule has 0 saturated carbocycles. The van der Waals surface area contributed by atoms with E-state index in [-0.39, 0.29) is 24.1 Å². The molecule has 0 unspecified atom stereocenters. The summed E-state index contributed by atoms with van der Waals surface area (Å²) in [6.07, 6.45) is 5.58. The fourth-order valence-electron chi connectivity index (χ4n) is 3.76. The molecule has 0 fully saturated rings. The van der Waals surface area contributed by atoms with Gasteiger partial charge in [-0.25, -0.2) is 14.4 Å². The summed E-state index contributed by atoms with van der Waals surface area (Å²) in [6, 6.07) is 8.55. The van der Waals surface area contributed by atoms with Crippen LogP contribution in [-0.4, -0.2) is 41.0 Å². The third-order valence-electron chi connectivity index (χ3n) is 5.61. The number of hydrogen-bond acceptors (Lipinski definition) is 10. The van der Waals surface area contributed by atoms with E-state index in [1.165, 1.54) is 18.7 Å². The Morgan fingerprint density at radius 2 is 1.84 bits per heavy atom. The van der Waals surface area contributed by atoms with Crippen LogP contribution in [0.1, 0.15) is 33.0 Å². The lowest BCUT2D eigenvalue weighted by Gasteiger charge is -2.10. The fourth-order valence-corrected chi connectivity index (χ4v) is 3.76. The summed E-state index contributed by atoms with van der Waals surface area (Å²) in [7, 11) is 0. The summed E-state index contributed by atoms with van der Waals surface area (Å²) in [4.78, 5) is 38.5. The first kappa shape index (κ1) is 24.6. The maximum absolute atomic E-state index is 13.6. The number of amides is 1. The van der Waals surface area contributed by atoms with E-state index in [0.29, 0.717) is 39.7 Å². The minimum absolute atomic E-state index is 0.251. The molecule has 0 aliphatic heterocycles. The number of hydrogen-bond donors (Lipinski definition) is 2. The van der Waals surface area contributed by atoms with Crippen LogP contribution in [0.3, 0.4) is 0 Å². The van der Waals surface area contributed by atoms with E-state index in [2.05, 4.69) is 45.7 Å². The third-order valence-corrected chi connectivity index (χ3v) is 5.61. The molecule has 1 amide bonds. The number of rotatable bonds is 7. The van der Waals surface area contributed by atoms with Crippen LogP contribution in [-0.2, 0) is 6.54 Å². The van der Waals surface area contributed by atoms with E-state index >= 15 is 0 Å². The molecule has 38 heavy (non-hydrogen) atoms. The van der Waals surface area contributed by atoms with Gasteiger partial charge in [0.05, 0.1) is 11.9 Å². The molecule has 0 atom stereocenters. The topological polar surface area (TPSA) is 144 Å². The van der Waals surface area contributed by atoms with Gasteiger partial charge < -0.3 is 15.2 Å². The third kappa shape index (κ3) is 5.48. The summed E-state index contributed by atoms with van der Waals surface area (Å²) in [6.45, 7) is 5.68. The van der Waals surface area contributed by atoms with Crippen LogP contribution in [0.2, 0.25) is 0 Å². The Bertz CT molecular complexity index is 1610. The molecule has 0 aromatic carbocycles. The lowest BCUT2D eigenvalue weighted by molar-refractivity contribution is 0.0945. The van der Waals surface area contributed by atoms with E-state index in [9.17, 15) is 9.18 Å². The molecule has 0 bridgehead atoms. The maximum Gasteiger partial charge on any atom is 0.270 e. The number of carbonyl (C=O) groups is 1. The number of nitrogens with one attached hydrogen (secondary N) is 2. The van der Waals surface area contributed by atoms with Crippen LogP contribution in [0.25, 0.3) is 22.6 Å². The van der Waals surface area contributed by atoms with E-state index in [0.717, 1.165) is 11.3 Å². The van der Waals surface area contributed by atoms with Gasteiger partial charge in [-0.3, -0.25) is 19.7 Å². The van der Waals surface area contributed by atoms with Crippen LogP contribution in [0.5, 0.6) is 0 Å². The average Bonchev–Trinajstić information content (AvgIpc) is 3.41. The van der Waals surface area contributed by atoms with Gasteiger partial charge in [0.15, 0.2) is 5.82 Å². The van der Waals surface area contributed by atoms with Gasteiger partial charge in [0.25, 0.3) is 11.9 Å². The van der Waals surface area contributed by atoms with Gasteiger partial charge in [-0.2, -0.15) is 4.98 Å². The minimum Gasteiger partial charge on any atom is -0.347 e. The first-order valence-corrected chi connectivity index (χ1v) is 11.6. The van der Waals surface area contributed by atoms with Gasteiger partial charge >= 0.3 is 0 Å². The zero-order valence-corrected chi connectivity index (χ0v) is 20.7. The van der Waals surface area contributed by atoms with E-state index in [4.69, 9.17) is 4.52 Å². The normalized spacial score (nSPS) is 10.8. The molecule has 5 aromatic heterocycles. The molecular formula is C26H22FN9O2. The highest BCUT2D eigenvalue weighted by Gasteiger charge is 2.14. The van der Waals surface area contributed by atoms with Crippen molar-refractivity contribution in [1.82, 2.24) is 40.4 Å². The van der Waals surface area contributed by atoms with Crippen LogP contribution in [0.4, 0.5) is 16.2 Å². The van der Waals surface area contributed by atoms with Gasteiger partial charge in [0.1, 0.15) is 17.3 Å². The Morgan fingerprint density at radius 1 is 0.974 bits per heavy atom. The summed E-state index contributed by atoms with van der Waals surface area (Å²) in [5, 5.41) is 9.53. The quantitative estimate of drug-likeness (QED) is 0.327. The maximum atomic E-state index is 13.6. The van der Waals surface area contributed by atoms with Crippen molar-refractivity contribution in [3.63, 3.8) is 0 Å². The number of nitrogens with zero attached hydrogens (tertiary/aromatic N) is 7. The Kier molecular flexibility index (Phi) is 6.76. The molecule has 0 radical (unpaired) electrons. The Morgan fingerprint density at radius 3 is 2.58 bits per heavy atom. The summed E-state index contributed by atoms with van der Waals surface area (Å²) in [5.41, 5.74) is 5.03. The fraction of sp³-hybridized carbons (Fsp3) is 0.154. The minimum atomic E-state index is -0.424. The summed E-state index contributed by atoms with van der Waals surface area (Å²) >= 11 is 0. The largest absolute Gasteiger partial charge is 0.347 e. The van der Waals surface area contributed by atoms with Gasteiger partial charge in [0.2, 0.25) is 6.39 Å². The monoisotopic (exact) mass is 511 g/mol. The van der Waals surface area contributed by atoms with Gasteiger partial charge in [-0.15, -0.1) is 0 Å². The van der Waals surface area contributed by atoms with Gasteiger partial charge in [-0.05, 0) is 55.3 Å². The number of halogens is 1. The van der Waals surface area contributed by atoms with Crippen LogP contribution in [0, 0.1) is 26.6 Å². The Balaban J connectivity index is 1.27. The standard InChI is InChI=1S/C26H22FN9O2/c1-14-6-18(24-33-15(2)7-22(34-24)35-26-32-13-38-36-26)11-30-23(14)25(37)31-10-17-4-5-21(29-9-17)20-8-19(27)12-28-16(20)3/h4-9,11-13H,10H2,1-3H3,(H,31,37)(H,33,34,35,36). The first-order chi connectivity index (χ1) is 18.4. The zero-order valence-electron chi connectivity index (χ0n) is 20.7. The molecule has 0 aliphatic carbocycles. The molecule has 190 valence electrons. The predicted octanol–water partition coefficient (Wildman–Crippen LogP) is 4.12. The molecule has 11 nitrogen and oxygen atoms in total. The van der Waals surface area contributed by atoms with E-state index in [1.54, 1.807) is 44.4 Å². The summed E-state index contributed by atoms with van der Waals surface area (Å²) in [5.74, 6) is 0.465. The zero-order chi connectivity index (χ0) is 26.6. The van der Waals surface area contributed by atoms with Crippen molar-refractivity contribution >= 4 is 17.7 Å². The van der Waals surface area contributed by atoms with Crippen molar-refractivity contribution < 1.29 is 13.7 Å². The van der Waals surface area contributed by atoms with Crippen molar-refractivity contribution in [3.8, 4) is 22.6 Å². The Labute approximate surface area is 216 Å². The van der Waals surface area contributed by atoms with Crippen molar-refractivity contribution in [2.45, 2.75) is 27.3 Å². The average molecular weight is 512 g/mol. The van der Waals surface area contributed by atoms with Gasteiger partial charge in [0, 0.05) is 47.5 Å². The van der Waals surface area contributed by atoms with Crippen molar-refractivity contribution in [2.24, 2.45) is 0 Å². The van der Waals surface area contributed by atoms with Crippen LogP contribution < -0.4 is 10.6 Å². The highest BCUT2D eigenvalue weighted by Crippen LogP contribution is 2.22. The molecule has 5 heterocycles. The molecular weight excluding hydrogens is 489 g/mol. The number of anilines is 2. The SMILES string of the molecule is Cc1cc(Nc2ncon2)nc(-c2cnc(C(=O)NCc3ccc(-c4cc(F)cnc4C)nc3)c(C)c2)n1. The van der Waals surface area contributed by atoms with E-state index in [1.807, 2.05) is 13.0 Å².